The van der Waals surface area contributed by atoms with Gasteiger partial charge in [0.1, 0.15) is 17.5 Å². The summed E-state index contributed by atoms with van der Waals surface area (Å²) in [5.41, 5.74) is -0.320. The number of nitrogens with zero attached hydrogens (tertiary/aromatic N) is 1. The third-order valence-corrected chi connectivity index (χ3v) is 4.16. The number of alkyl halides is 3. The van der Waals surface area contributed by atoms with E-state index in [2.05, 4.69) is 5.32 Å². The predicted molar refractivity (Wildman–Crippen MR) is 91.6 cm³/mol. The van der Waals surface area contributed by atoms with Crippen LogP contribution in [0.1, 0.15) is 31.0 Å². The summed E-state index contributed by atoms with van der Waals surface area (Å²) in [5, 5.41) is 23.9. The Labute approximate surface area is 158 Å². The standard InChI is InChI=1S/C15H14Cl3N3O4/c1-14(2)11(22)10(20-13(24)21-12(23)15(16,17)18)8-5-7(6-19)3-4-9(8)25-14/h3-5,10-11,22H,1-2H3,(H2,20,21,23,24). The largest absolute Gasteiger partial charge is 0.485 e. The van der Waals surface area contributed by atoms with Gasteiger partial charge < -0.3 is 15.2 Å². The molecular formula is C15H14Cl3N3O4. The van der Waals surface area contributed by atoms with Crippen LogP contribution in [0.25, 0.3) is 0 Å². The summed E-state index contributed by atoms with van der Waals surface area (Å²) in [5.74, 6) is -0.742. The van der Waals surface area contributed by atoms with Gasteiger partial charge in [-0.3, -0.25) is 10.1 Å². The Morgan fingerprint density at radius 1 is 1.36 bits per heavy atom. The van der Waals surface area contributed by atoms with Crippen molar-refractivity contribution in [3.8, 4) is 11.8 Å². The molecule has 0 fully saturated rings. The number of rotatable bonds is 1. The highest BCUT2D eigenvalue weighted by Gasteiger charge is 2.44. The van der Waals surface area contributed by atoms with Crippen molar-refractivity contribution < 1.29 is 19.4 Å². The van der Waals surface area contributed by atoms with Crippen LogP contribution in [0.15, 0.2) is 18.2 Å². The van der Waals surface area contributed by atoms with Crippen LogP contribution >= 0.6 is 34.8 Å². The average molecular weight is 407 g/mol. The second kappa shape index (κ2) is 6.89. The van der Waals surface area contributed by atoms with Gasteiger partial charge in [-0.2, -0.15) is 5.26 Å². The number of fused-ring (bicyclic) bond motifs is 1. The molecule has 7 nitrogen and oxygen atoms in total. The van der Waals surface area contributed by atoms with E-state index in [4.69, 9.17) is 44.8 Å². The first-order chi connectivity index (χ1) is 11.5. The van der Waals surface area contributed by atoms with E-state index in [0.717, 1.165) is 0 Å². The lowest BCUT2D eigenvalue weighted by atomic mass is 9.86. The molecule has 0 aromatic heterocycles. The number of amides is 3. The van der Waals surface area contributed by atoms with Crippen molar-refractivity contribution in [3.63, 3.8) is 0 Å². The maximum atomic E-state index is 12.1. The van der Waals surface area contributed by atoms with Gasteiger partial charge in [0.05, 0.1) is 17.7 Å². The highest BCUT2D eigenvalue weighted by atomic mass is 35.6. The number of nitriles is 1. The smallest absolute Gasteiger partial charge is 0.322 e. The van der Waals surface area contributed by atoms with Crippen molar-refractivity contribution in [2.24, 2.45) is 0 Å². The lowest BCUT2D eigenvalue weighted by Gasteiger charge is -2.42. The highest BCUT2D eigenvalue weighted by Crippen LogP contribution is 2.40. The molecule has 2 rings (SSSR count). The molecule has 0 bridgehead atoms. The second-order valence-electron chi connectivity index (χ2n) is 5.92. The Morgan fingerprint density at radius 2 is 2.00 bits per heavy atom. The fourth-order valence-electron chi connectivity index (χ4n) is 2.38. The van der Waals surface area contributed by atoms with Crippen LogP contribution in [0, 0.1) is 11.3 Å². The van der Waals surface area contributed by atoms with Crippen LogP contribution in [0.3, 0.4) is 0 Å². The molecule has 2 atom stereocenters. The van der Waals surface area contributed by atoms with Gasteiger partial charge in [0, 0.05) is 5.56 Å². The summed E-state index contributed by atoms with van der Waals surface area (Å²) in [6, 6.07) is 4.65. The summed E-state index contributed by atoms with van der Waals surface area (Å²) >= 11 is 16.2. The summed E-state index contributed by atoms with van der Waals surface area (Å²) in [6.45, 7) is 3.27. The van der Waals surface area contributed by atoms with E-state index in [9.17, 15) is 14.7 Å². The number of urea groups is 1. The molecule has 2 unspecified atom stereocenters. The fraction of sp³-hybridized carbons (Fsp3) is 0.400. The molecule has 1 aliphatic rings. The van der Waals surface area contributed by atoms with Crippen molar-refractivity contribution in [2.75, 3.05) is 0 Å². The van der Waals surface area contributed by atoms with Crippen molar-refractivity contribution in [1.82, 2.24) is 10.6 Å². The fourth-order valence-corrected chi connectivity index (χ4v) is 2.52. The molecule has 0 aliphatic carbocycles. The molecule has 0 saturated carbocycles. The molecule has 1 aromatic rings. The maximum Gasteiger partial charge on any atom is 0.322 e. The number of halogens is 3. The van der Waals surface area contributed by atoms with Gasteiger partial charge >= 0.3 is 6.03 Å². The van der Waals surface area contributed by atoms with Crippen molar-refractivity contribution in [3.05, 3.63) is 29.3 Å². The second-order valence-corrected chi connectivity index (χ2v) is 8.20. The SMILES string of the molecule is CC1(C)Oc2ccc(C#N)cc2C(NC(=O)NC(=O)C(Cl)(Cl)Cl)C1O. The third-order valence-electron chi connectivity index (χ3n) is 3.65. The minimum Gasteiger partial charge on any atom is -0.485 e. The zero-order chi connectivity index (χ0) is 19.0. The third kappa shape index (κ3) is 4.28. The summed E-state index contributed by atoms with van der Waals surface area (Å²) in [7, 11) is 0. The Bertz CT molecular complexity index is 755. The van der Waals surface area contributed by atoms with Gasteiger partial charge in [0.2, 0.25) is 0 Å². The number of hydrogen-bond acceptors (Lipinski definition) is 5. The molecule has 0 radical (unpaired) electrons. The topological polar surface area (TPSA) is 111 Å². The lowest BCUT2D eigenvalue weighted by molar-refractivity contribution is -0.119. The number of aliphatic hydroxyl groups is 1. The first-order valence-electron chi connectivity index (χ1n) is 7.05. The van der Waals surface area contributed by atoms with Crippen LogP contribution in [-0.4, -0.2) is 32.5 Å². The van der Waals surface area contributed by atoms with Crippen LogP contribution in [0.5, 0.6) is 5.75 Å². The van der Waals surface area contributed by atoms with Crippen molar-refractivity contribution >= 4 is 46.7 Å². The van der Waals surface area contributed by atoms with E-state index in [-0.39, 0.29) is 0 Å². The quantitative estimate of drug-likeness (QED) is 0.620. The number of aliphatic hydroxyl groups excluding tert-OH is 1. The molecule has 1 aliphatic heterocycles. The van der Waals surface area contributed by atoms with Gasteiger partial charge in [-0.05, 0) is 32.0 Å². The van der Waals surface area contributed by atoms with Crippen LogP contribution in [0.2, 0.25) is 0 Å². The lowest BCUT2D eigenvalue weighted by Crippen LogP contribution is -2.55. The van der Waals surface area contributed by atoms with E-state index in [1.165, 1.54) is 6.07 Å². The molecule has 0 spiro atoms. The Morgan fingerprint density at radius 3 is 2.56 bits per heavy atom. The number of benzene rings is 1. The van der Waals surface area contributed by atoms with E-state index in [1.54, 1.807) is 26.0 Å². The van der Waals surface area contributed by atoms with Gasteiger partial charge in [-0.25, -0.2) is 4.79 Å². The van der Waals surface area contributed by atoms with Gasteiger partial charge in [-0.15, -0.1) is 0 Å². The molecule has 1 aromatic carbocycles. The van der Waals surface area contributed by atoms with Gasteiger partial charge in [0.25, 0.3) is 9.70 Å². The highest BCUT2D eigenvalue weighted by molar-refractivity contribution is 6.76. The van der Waals surface area contributed by atoms with E-state index in [0.29, 0.717) is 16.9 Å². The monoisotopic (exact) mass is 405 g/mol. The first-order valence-corrected chi connectivity index (χ1v) is 8.19. The minimum absolute atomic E-state index is 0.318. The molecule has 3 N–H and O–H groups in total. The van der Waals surface area contributed by atoms with Gasteiger partial charge in [-0.1, -0.05) is 34.8 Å². The predicted octanol–water partition coefficient (Wildman–Crippen LogP) is 2.33. The van der Waals surface area contributed by atoms with Crippen molar-refractivity contribution in [1.29, 1.82) is 5.26 Å². The Hall–Kier alpha value is -1.72. The Balaban J connectivity index is 2.31. The summed E-state index contributed by atoms with van der Waals surface area (Å²) in [4.78, 5) is 23.6. The first kappa shape index (κ1) is 19.6. The number of nitrogens with one attached hydrogen (secondary N) is 2. The van der Waals surface area contributed by atoms with Crippen LogP contribution in [0.4, 0.5) is 4.79 Å². The van der Waals surface area contributed by atoms with Crippen LogP contribution in [-0.2, 0) is 4.79 Å². The summed E-state index contributed by atoms with van der Waals surface area (Å²) in [6.07, 6.45) is -1.16. The number of hydrogen-bond donors (Lipinski definition) is 3. The molecule has 25 heavy (non-hydrogen) atoms. The molecule has 1 heterocycles. The maximum absolute atomic E-state index is 12.1. The van der Waals surface area contributed by atoms with Crippen molar-refractivity contribution in [2.45, 2.75) is 35.4 Å². The zero-order valence-electron chi connectivity index (χ0n) is 13.1. The van der Waals surface area contributed by atoms with E-state index < -0.39 is 33.5 Å². The molecule has 134 valence electrons. The molecule has 3 amide bonds. The molecule has 10 heteroatoms. The number of ether oxygens (including phenoxy) is 1. The Kier molecular flexibility index (Phi) is 5.40. The minimum atomic E-state index is -2.31. The number of carbonyl (C=O) groups excluding carboxylic acids is 2. The van der Waals surface area contributed by atoms with Crippen LogP contribution < -0.4 is 15.4 Å². The zero-order valence-corrected chi connectivity index (χ0v) is 15.4. The summed E-state index contributed by atoms with van der Waals surface area (Å²) < 4.78 is 3.41. The normalized spacial score (nSPS) is 21.3. The average Bonchev–Trinajstić information content (AvgIpc) is 2.50. The van der Waals surface area contributed by atoms with Gasteiger partial charge in [0.15, 0.2) is 0 Å². The number of carbonyl (C=O) groups is 2. The molecular weight excluding hydrogens is 393 g/mol. The van der Waals surface area contributed by atoms with E-state index in [1.807, 2.05) is 11.4 Å². The molecule has 0 saturated heterocycles. The number of imide groups is 1. The van der Waals surface area contributed by atoms with E-state index >= 15 is 0 Å².